The summed E-state index contributed by atoms with van der Waals surface area (Å²) >= 11 is 1.48. The maximum atomic E-state index is 12.8. The van der Waals surface area contributed by atoms with Crippen LogP contribution in [0.25, 0.3) is 0 Å². The Balaban J connectivity index is 1.21. The minimum absolute atomic E-state index is 0.120. The predicted molar refractivity (Wildman–Crippen MR) is 121 cm³/mol. The van der Waals surface area contributed by atoms with Crippen molar-refractivity contribution in [1.82, 2.24) is 15.2 Å². The van der Waals surface area contributed by atoms with Crippen molar-refractivity contribution in [3.63, 3.8) is 0 Å². The number of carbonyl (C=O) groups is 2. The van der Waals surface area contributed by atoms with E-state index in [1.807, 2.05) is 0 Å². The topological polar surface area (TPSA) is 82.5 Å². The van der Waals surface area contributed by atoms with Crippen LogP contribution in [0.4, 0.5) is 13.2 Å². The van der Waals surface area contributed by atoms with Gasteiger partial charge in [0.25, 0.3) is 5.91 Å². The molecule has 1 aromatic heterocycles. The Bertz CT molecular complexity index is 1000. The van der Waals surface area contributed by atoms with Gasteiger partial charge in [-0.05, 0) is 62.8 Å². The lowest BCUT2D eigenvalue weighted by molar-refractivity contribution is -0.137. The highest BCUT2D eigenvalue weighted by Crippen LogP contribution is 2.41. The van der Waals surface area contributed by atoms with Crippen LogP contribution >= 0.6 is 11.3 Å². The lowest BCUT2D eigenvalue weighted by Gasteiger charge is -2.39. The molecule has 0 unspecified atom stereocenters. The molecule has 2 fully saturated rings. The number of likely N-dealkylation sites (tertiary alicyclic amines) is 1. The minimum Gasteiger partial charge on any atom is -0.384 e. The van der Waals surface area contributed by atoms with E-state index in [0.717, 1.165) is 49.4 Å². The van der Waals surface area contributed by atoms with Crippen molar-refractivity contribution < 1.29 is 27.9 Å². The smallest absolute Gasteiger partial charge is 0.384 e. The number of carbonyl (C=O) groups excluding carboxylic acids is 2. The van der Waals surface area contributed by atoms with Gasteiger partial charge in [0.15, 0.2) is 5.78 Å². The number of aromatic nitrogens is 1. The van der Waals surface area contributed by atoms with Gasteiger partial charge in [0, 0.05) is 30.8 Å². The first-order valence-corrected chi connectivity index (χ1v) is 12.3. The number of amides is 1. The maximum Gasteiger partial charge on any atom is 0.416 e. The summed E-state index contributed by atoms with van der Waals surface area (Å²) in [6.45, 7) is 1.51. The Hall–Kier alpha value is -2.30. The molecular formula is C24H28F3N3O3S. The third-order valence-corrected chi connectivity index (χ3v) is 7.89. The molecule has 2 aliphatic rings. The lowest BCUT2D eigenvalue weighted by Crippen LogP contribution is -2.41. The van der Waals surface area contributed by atoms with Gasteiger partial charge in [-0.15, -0.1) is 11.3 Å². The summed E-state index contributed by atoms with van der Waals surface area (Å²) in [5, 5.41) is 13.4. The van der Waals surface area contributed by atoms with Crippen molar-refractivity contribution in [3.05, 3.63) is 52.0 Å². The normalized spacial score (nSPS) is 25.9. The number of rotatable bonds is 7. The van der Waals surface area contributed by atoms with Gasteiger partial charge in [0.2, 0.25) is 0 Å². The van der Waals surface area contributed by atoms with E-state index in [1.165, 1.54) is 23.5 Å². The molecule has 1 aliphatic heterocycles. The van der Waals surface area contributed by atoms with Crippen molar-refractivity contribution in [2.24, 2.45) is 5.92 Å². The zero-order valence-corrected chi connectivity index (χ0v) is 19.5. The Kier molecular flexibility index (Phi) is 7.39. The van der Waals surface area contributed by atoms with Crippen LogP contribution in [0, 0.1) is 5.92 Å². The second-order valence-corrected chi connectivity index (χ2v) is 10.2. The fourth-order valence-electron chi connectivity index (χ4n) is 5.01. The number of nitrogens with zero attached hydrogens (tertiary/aromatic N) is 2. The second kappa shape index (κ2) is 10.1. The summed E-state index contributed by atoms with van der Waals surface area (Å²) in [6, 6.07) is 4.55. The van der Waals surface area contributed by atoms with E-state index in [2.05, 4.69) is 15.2 Å². The Morgan fingerprint density at radius 3 is 2.68 bits per heavy atom. The molecule has 0 radical (unpaired) electrons. The zero-order chi connectivity index (χ0) is 24.3. The van der Waals surface area contributed by atoms with Crippen LogP contribution in [0.1, 0.15) is 59.3 Å². The van der Waals surface area contributed by atoms with Crippen molar-refractivity contribution >= 4 is 23.0 Å². The highest BCUT2D eigenvalue weighted by Gasteiger charge is 2.39. The summed E-state index contributed by atoms with van der Waals surface area (Å²) in [6.07, 6.45) is 1.61. The fourth-order valence-corrected chi connectivity index (χ4v) is 5.79. The molecule has 4 rings (SSSR count). The Morgan fingerprint density at radius 2 is 2.00 bits per heavy atom. The quantitative estimate of drug-likeness (QED) is 0.607. The summed E-state index contributed by atoms with van der Waals surface area (Å²) in [5.41, 5.74) is -0.0651. The average molecular weight is 496 g/mol. The monoisotopic (exact) mass is 495 g/mol. The zero-order valence-electron chi connectivity index (χ0n) is 18.7. The van der Waals surface area contributed by atoms with E-state index in [-0.39, 0.29) is 23.8 Å². The van der Waals surface area contributed by atoms with Crippen LogP contribution in [0.15, 0.2) is 36.0 Å². The van der Waals surface area contributed by atoms with Gasteiger partial charge in [0.1, 0.15) is 5.60 Å². The first-order chi connectivity index (χ1) is 16.1. The maximum absolute atomic E-state index is 12.8. The molecular weight excluding hydrogens is 467 g/mol. The van der Waals surface area contributed by atoms with Gasteiger partial charge < -0.3 is 15.3 Å². The molecule has 1 amide bonds. The Morgan fingerprint density at radius 1 is 1.24 bits per heavy atom. The van der Waals surface area contributed by atoms with Crippen LogP contribution in [0.3, 0.4) is 0 Å². The van der Waals surface area contributed by atoms with E-state index >= 15 is 0 Å². The molecule has 1 atom stereocenters. The van der Waals surface area contributed by atoms with Crippen LogP contribution in [-0.2, 0) is 16.6 Å². The van der Waals surface area contributed by atoms with E-state index < -0.39 is 23.2 Å². The Labute approximate surface area is 200 Å². The van der Waals surface area contributed by atoms with Gasteiger partial charge in [0.05, 0.1) is 22.5 Å². The third-order valence-electron chi connectivity index (χ3n) is 6.92. The molecule has 2 N–H and O–H groups in total. The number of Topliss-reactive ketones (excluding diaryl/α,β-unsaturated/α-hetero) is 1. The molecule has 6 nitrogen and oxygen atoms in total. The number of alkyl halides is 3. The number of halogens is 3. The number of hydrogen-bond acceptors (Lipinski definition) is 6. The predicted octanol–water partition coefficient (Wildman–Crippen LogP) is 4.00. The van der Waals surface area contributed by atoms with Crippen molar-refractivity contribution in [1.29, 1.82) is 0 Å². The molecule has 1 aromatic carbocycles. The first-order valence-electron chi connectivity index (χ1n) is 11.5. The molecule has 1 aliphatic carbocycles. The number of ketones is 1. The lowest BCUT2D eigenvalue weighted by atomic mass is 9.81. The summed E-state index contributed by atoms with van der Waals surface area (Å²) in [7, 11) is 0. The van der Waals surface area contributed by atoms with Gasteiger partial charge in [-0.2, -0.15) is 13.2 Å². The van der Waals surface area contributed by atoms with E-state index in [0.29, 0.717) is 25.3 Å². The van der Waals surface area contributed by atoms with Gasteiger partial charge >= 0.3 is 6.18 Å². The van der Waals surface area contributed by atoms with Crippen molar-refractivity contribution in [2.75, 3.05) is 19.6 Å². The SMILES string of the molecule is O=C(CNC(=O)c1cccc(C(F)(F)F)c1)C[C@@H]1CCN(C2CCC(O)(c3cncs3)CC2)C1. The summed E-state index contributed by atoms with van der Waals surface area (Å²) in [4.78, 5) is 32.0. The number of hydrogen-bond donors (Lipinski definition) is 2. The molecule has 1 saturated carbocycles. The average Bonchev–Trinajstić information content (AvgIpc) is 3.51. The number of nitrogens with one attached hydrogen (secondary N) is 1. The van der Waals surface area contributed by atoms with Gasteiger partial charge in [-0.1, -0.05) is 6.07 Å². The highest BCUT2D eigenvalue weighted by atomic mass is 32.1. The molecule has 184 valence electrons. The molecule has 2 aromatic rings. The summed E-state index contributed by atoms with van der Waals surface area (Å²) < 4.78 is 38.5. The second-order valence-electron chi connectivity index (χ2n) is 9.28. The molecule has 10 heteroatoms. The number of aliphatic hydroxyl groups is 1. The van der Waals surface area contributed by atoms with E-state index in [9.17, 15) is 27.9 Å². The standard InChI is InChI=1S/C24H28F3N3O3S/c25-24(26,27)18-3-1-2-17(11-18)22(32)29-12-20(31)10-16-6-9-30(14-16)19-4-7-23(33,8-5-19)21-13-28-15-34-21/h1-3,11,13,15-16,19,33H,4-10,12,14H2,(H,29,32)/t16-,19?,23?/m0/s1. The molecule has 2 heterocycles. The largest absolute Gasteiger partial charge is 0.416 e. The van der Waals surface area contributed by atoms with Crippen molar-refractivity contribution in [2.45, 2.75) is 56.3 Å². The van der Waals surface area contributed by atoms with Crippen LogP contribution in [0.5, 0.6) is 0 Å². The highest BCUT2D eigenvalue weighted by molar-refractivity contribution is 7.09. The third kappa shape index (κ3) is 5.84. The van der Waals surface area contributed by atoms with E-state index in [4.69, 9.17) is 0 Å². The van der Waals surface area contributed by atoms with E-state index in [1.54, 1.807) is 11.7 Å². The number of thiazole rings is 1. The molecule has 0 bridgehead atoms. The molecule has 0 spiro atoms. The number of benzene rings is 1. The van der Waals surface area contributed by atoms with Gasteiger partial charge in [-0.25, -0.2) is 0 Å². The van der Waals surface area contributed by atoms with Crippen LogP contribution < -0.4 is 5.32 Å². The van der Waals surface area contributed by atoms with Gasteiger partial charge in [-0.3, -0.25) is 14.6 Å². The van der Waals surface area contributed by atoms with Crippen LogP contribution in [0.2, 0.25) is 0 Å². The summed E-state index contributed by atoms with van der Waals surface area (Å²) in [5.74, 6) is -0.626. The minimum atomic E-state index is -4.53. The fraction of sp³-hybridized carbons (Fsp3) is 0.542. The molecule has 1 saturated heterocycles. The van der Waals surface area contributed by atoms with Crippen molar-refractivity contribution in [3.8, 4) is 0 Å². The first kappa shape index (κ1) is 24.8. The van der Waals surface area contributed by atoms with Crippen LogP contribution in [-0.4, -0.2) is 52.4 Å². The molecule has 34 heavy (non-hydrogen) atoms.